The standard InChI is InChI=1S/C17H17N3O2S/c1-10-8-9-13(22-10)15-14(11(2)18-17(23)20-15)16(21)19-12-6-4-3-5-7-12/h3-9,15H,1-2H3,(H,19,21)(H2,18,20,23)/t15-/m1/s1. The molecule has 2 heterocycles. The van der Waals surface area contributed by atoms with Crippen LogP contribution in [0.1, 0.15) is 24.5 Å². The van der Waals surface area contributed by atoms with Gasteiger partial charge < -0.3 is 20.4 Å². The van der Waals surface area contributed by atoms with E-state index in [1.807, 2.05) is 56.3 Å². The summed E-state index contributed by atoms with van der Waals surface area (Å²) in [5.74, 6) is 1.24. The zero-order chi connectivity index (χ0) is 16.4. The SMILES string of the molecule is CC1=C(C(=O)Nc2ccccc2)[C@@H](c2ccc(C)o2)NC(=S)N1. The lowest BCUT2D eigenvalue weighted by atomic mass is 10.00. The van der Waals surface area contributed by atoms with Gasteiger partial charge in [-0.2, -0.15) is 0 Å². The number of carbonyl (C=O) groups excluding carboxylic acids is 1. The van der Waals surface area contributed by atoms with Crippen molar-refractivity contribution in [3.8, 4) is 0 Å². The summed E-state index contributed by atoms with van der Waals surface area (Å²) in [7, 11) is 0. The highest BCUT2D eigenvalue weighted by Crippen LogP contribution is 2.28. The van der Waals surface area contributed by atoms with Crippen molar-refractivity contribution in [2.24, 2.45) is 0 Å². The normalized spacial score (nSPS) is 17.5. The summed E-state index contributed by atoms with van der Waals surface area (Å²) in [4.78, 5) is 12.7. The summed E-state index contributed by atoms with van der Waals surface area (Å²) in [5, 5.41) is 9.47. The van der Waals surface area contributed by atoms with Crippen LogP contribution in [0.25, 0.3) is 0 Å². The smallest absolute Gasteiger partial charge is 0.255 e. The highest BCUT2D eigenvalue weighted by Gasteiger charge is 2.31. The molecule has 3 N–H and O–H groups in total. The molecule has 1 aliphatic rings. The third-order valence-corrected chi connectivity index (χ3v) is 3.81. The van der Waals surface area contributed by atoms with Crippen molar-refractivity contribution in [2.75, 3.05) is 5.32 Å². The van der Waals surface area contributed by atoms with Crippen LogP contribution in [0, 0.1) is 6.92 Å². The van der Waals surface area contributed by atoms with E-state index in [1.54, 1.807) is 0 Å². The number of thiocarbonyl (C=S) groups is 1. The van der Waals surface area contributed by atoms with Crippen molar-refractivity contribution in [3.05, 3.63) is 65.3 Å². The number of carbonyl (C=O) groups is 1. The maximum Gasteiger partial charge on any atom is 0.255 e. The summed E-state index contributed by atoms with van der Waals surface area (Å²) in [5.41, 5.74) is 2.00. The summed E-state index contributed by atoms with van der Waals surface area (Å²) in [6, 6.07) is 12.6. The Morgan fingerprint density at radius 2 is 1.91 bits per heavy atom. The first kappa shape index (κ1) is 15.3. The molecule has 0 saturated heterocycles. The van der Waals surface area contributed by atoms with Gasteiger partial charge in [0.05, 0.1) is 5.57 Å². The van der Waals surface area contributed by atoms with Crippen LogP contribution in [-0.2, 0) is 4.79 Å². The molecule has 3 rings (SSSR count). The number of allylic oxidation sites excluding steroid dienone is 1. The highest BCUT2D eigenvalue weighted by atomic mass is 32.1. The number of furan rings is 1. The molecule has 0 aliphatic carbocycles. The maximum atomic E-state index is 12.7. The topological polar surface area (TPSA) is 66.3 Å². The van der Waals surface area contributed by atoms with Gasteiger partial charge in [0, 0.05) is 11.4 Å². The quantitative estimate of drug-likeness (QED) is 0.756. The van der Waals surface area contributed by atoms with Gasteiger partial charge in [-0.15, -0.1) is 0 Å². The van der Waals surface area contributed by atoms with Crippen molar-refractivity contribution in [2.45, 2.75) is 19.9 Å². The second kappa shape index (κ2) is 6.26. The molecule has 1 atom stereocenters. The van der Waals surface area contributed by atoms with E-state index < -0.39 is 6.04 Å². The molecule has 1 aromatic heterocycles. The molecule has 1 amide bonds. The lowest BCUT2D eigenvalue weighted by Gasteiger charge is -2.28. The lowest BCUT2D eigenvalue weighted by Crippen LogP contribution is -2.45. The first-order valence-corrected chi connectivity index (χ1v) is 7.66. The second-order valence-electron chi connectivity index (χ2n) is 5.34. The molecular formula is C17H17N3O2S. The van der Waals surface area contributed by atoms with Gasteiger partial charge in [-0.25, -0.2) is 0 Å². The number of nitrogens with one attached hydrogen (secondary N) is 3. The van der Waals surface area contributed by atoms with Crippen LogP contribution in [0.4, 0.5) is 5.69 Å². The fourth-order valence-corrected chi connectivity index (χ4v) is 2.81. The lowest BCUT2D eigenvalue weighted by molar-refractivity contribution is -0.113. The number of hydrogen-bond donors (Lipinski definition) is 3. The summed E-state index contributed by atoms with van der Waals surface area (Å²) in [6.45, 7) is 3.69. The number of benzene rings is 1. The molecule has 0 radical (unpaired) electrons. The van der Waals surface area contributed by atoms with Gasteiger partial charge in [0.2, 0.25) is 0 Å². The monoisotopic (exact) mass is 327 g/mol. The Hall–Kier alpha value is -2.60. The van der Waals surface area contributed by atoms with Crippen molar-refractivity contribution in [3.63, 3.8) is 0 Å². The predicted molar refractivity (Wildman–Crippen MR) is 92.8 cm³/mol. The zero-order valence-corrected chi connectivity index (χ0v) is 13.7. The number of amides is 1. The van der Waals surface area contributed by atoms with E-state index in [1.165, 1.54) is 0 Å². The van der Waals surface area contributed by atoms with Crippen LogP contribution in [0.15, 0.2) is 58.2 Å². The molecule has 0 bridgehead atoms. The van der Waals surface area contributed by atoms with Crippen molar-refractivity contribution in [1.82, 2.24) is 10.6 Å². The van der Waals surface area contributed by atoms with Gasteiger partial charge in [0.25, 0.3) is 5.91 Å². The van der Waals surface area contributed by atoms with Crippen LogP contribution < -0.4 is 16.0 Å². The molecule has 1 aromatic carbocycles. The number of hydrogen-bond acceptors (Lipinski definition) is 3. The predicted octanol–water partition coefficient (Wildman–Crippen LogP) is 3.02. The molecule has 1 aliphatic heterocycles. The molecule has 23 heavy (non-hydrogen) atoms. The van der Waals surface area contributed by atoms with Crippen LogP contribution in [-0.4, -0.2) is 11.0 Å². The fraction of sp³-hybridized carbons (Fsp3) is 0.176. The number of para-hydroxylation sites is 1. The van der Waals surface area contributed by atoms with Crippen LogP contribution in [0.3, 0.4) is 0 Å². The minimum absolute atomic E-state index is 0.199. The molecule has 0 spiro atoms. The molecule has 2 aromatic rings. The Balaban J connectivity index is 1.93. The van der Waals surface area contributed by atoms with Crippen LogP contribution in [0.2, 0.25) is 0 Å². The van der Waals surface area contributed by atoms with Crippen LogP contribution in [0.5, 0.6) is 0 Å². The third kappa shape index (κ3) is 3.27. The molecule has 118 valence electrons. The first-order valence-electron chi connectivity index (χ1n) is 7.25. The number of anilines is 1. The van der Waals surface area contributed by atoms with E-state index in [2.05, 4.69) is 16.0 Å². The van der Waals surface area contributed by atoms with E-state index in [-0.39, 0.29) is 5.91 Å². The second-order valence-corrected chi connectivity index (χ2v) is 5.75. The van der Waals surface area contributed by atoms with Gasteiger partial charge >= 0.3 is 0 Å². The highest BCUT2D eigenvalue weighted by molar-refractivity contribution is 7.80. The Labute approximate surface area is 139 Å². The Bertz CT molecular complexity index is 780. The largest absolute Gasteiger partial charge is 0.464 e. The Kier molecular flexibility index (Phi) is 4.16. The molecular weight excluding hydrogens is 310 g/mol. The van der Waals surface area contributed by atoms with E-state index >= 15 is 0 Å². The molecule has 0 unspecified atom stereocenters. The van der Waals surface area contributed by atoms with Crippen LogP contribution >= 0.6 is 12.2 Å². The third-order valence-electron chi connectivity index (χ3n) is 3.59. The molecule has 6 heteroatoms. The van der Waals surface area contributed by atoms with E-state index in [0.29, 0.717) is 22.1 Å². The Morgan fingerprint density at radius 1 is 1.17 bits per heavy atom. The zero-order valence-electron chi connectivity index (χ0n) is 12.8. The van der Waals surface area contributed by atoms with E-state index in [0.717, 1.165) is 11.4 Å². The van der Waals surface area contributed by atoms with Crippen molar-refractivity contribution in [1.29, 1.82) is 0 Å². The van der Waals surface area contributed by atoms with Gasteiger partial charge in [-0.05, 0) is 50.3 Å². The molecule has 5 nitrogen and oxygen atoms in total. The maximum absolute atomic E-state index is 12.7. The first-order chi connectivity index (χ1) is 11.0. The summed E-state index contributed by atoms with van der Waals surface area (Å²) < 4.78 is 5.69. The molecule has 0 saturated carbocycles. The van der Waals surface area contributed by atoms with Crippen molar-refractivity contribution < 1.29 is 9.21 Å². The minimum atomic E-state index is -0.416. The average Bonchev–Trinajstić information content (AvgIpc) is 2.93. The van der Waals surface area contributed by atoms with Gasteiger partial charge in [0.15, 0.2) is 5.11 Å². The van der Waals surface area contributed by atoms with Gasteiger partial charge in [0.1, 0.15) is 17.6 Å². The fourth-order valence-electron chi connectivity index (χ4n) is 2.54. The van der Waals surface area contributed by atoms with E-state index in [9.17, 15) is 4.79 Å². The Morgan fingerprint density at radius 3 is 2.57 bits per heavy atom. The number of rotatable bonds is 3. The molecule has 0 fully saturated rings. The number of aryl methyl sites for hydroxylation is 1. The average molecular weight is 327 g/mol. The van der Waals surface area contributed by atoms with Gasteiger partial charge in [-0.3, -0.25) is 4.79 Å². The van der Waals surface area contributed by atoms with Gasteiger partial charge in [-0.1, -0.05) is 18.2 Å². The van der Waals surface area contributed by atoms with Crippen molar-refractivity contribution >= 4 is 28.9 Å². The minimum Gasteiger partial charge on any atom is -0.464 e. The summed E-state index contributed by atoms with van der Waals surface area (Å²) in [6.07, 6.45) is 0. The summed E-state index contributed by atoms with van der Waals surface area (Å²) >= 11 is 5.21. The van der Waals surface area contributed by atoms with E-state index in [4.69, 9.17) is 16.6 Å².